The normalized spacial score (nSPS) is 15.2. The van der Waals surface area contributed by atoms with Crippen molar-refractivity contribution in [1.29, 1.82) is 0 Å². The first-order valence-corrected chi connectivity index (χ1v) is 11.9. The second-order valence-electron chi connectivity index (χ2n) is 8.18. The van der Waals surface area contributed by atoms with E-state index in [9.17, 15) is 9.59 Å². The van der Waals surface area contributed by atoms with Gasteiger partial charge in [0.25, 0.3) is 5.78 Å². The number of imidazole rings is 1. The number of aryl methyl sites for hydroxylation is 2. The number of nitrogens with zero attached hydrogens (tertiary/aromatic N) is 6. The zero-order valence-corrected chi connectivity index (χ0v) is 19.1. The number of carbonyl (C=O) groups excluding carboxylic acids is 1. The summed E-state index contributed by atoms with van der Waals surface area (Å²) in [5, 5.41) is 5.13. The van der Waals surface area contributed by atoms with E-state index >= 15 is 0 Å². The first-order valence-electron chi connectivity index (χ1n) is 10.7. The number of hydrogen-bond donors (Lipinski definition) is 1. The number of rotatable bonds is 4. The van der Waals surface area contributed by atoms with Gasteiger partial charge in [0.2, 0.25) is 11.1 Å². The van der Waals surface area contributed by atoms with Crippen LogP contribution in [0, 0.1) is 13.8 Å². The van der Waals surface area contributed by atoms with E-state index in [1.807, 2.05) is 53.8 Å². The highest BCUT2D eigenvalue weighted by Crippen LogP contribution is 2.26. The summed E-state index contributed by atoms with van der Waals surface area (Å²) in [5.41, 5.74) is 4.29. The molecule has 1 aliphatic heterocycles. The van der Waals surface area contributed by atoms with E-state index in [-0.39, 0.29) is 24.1 Å². The lowest BCUT2D eigenvalue weighted by molar-refractivity contribution is -0.131. The summed E-state index contributed by atoms with van der Waals surface area (Å²) in [7, 11) is 0. The van der Waals surface area contributed by atoms with Crippen molar-refractivity contribution in [2.24, 2.45) is 0 Å². The first-order chi connectivity index (χ1) is 15.5. The van der Waals surface area contributed by atoms with Gasteiger partial charge in [0.1, 0.15) is 0 Å². The highest BCUT2D eigenvalue weighted by Gasteiger charge is 2.27. The minimum Gasteiger partial charge on any atom is -0.342 e. The Labute approximate surface area is 188 Å². The summed E-state index contributed by atoms with van der Waals surface area (Å²) < 4.78 is 3.56. The summed E-state index contributed by atoms with van der Waals surface area (Å²) in [6, 6.07) is 7.83. The van der Waals surface area contributed by atoms with E-state index < -0.39 is 0 Å². The third-order valence-corrected chi connectivity index (χ3v) is 6.88. The van der Waals surface area contributed by atoms with E-state index in [4.69, 9.17) is 0 Å². The monoisotopic (exact) mass is 451 g/mol. The summed E-state index contributed by atoms with van der Waals surface area (Å²) in [6.07, 6.45) is 3.72. The Bertz CT molecular complexity index is 1380. The van der Waals surface area contributed by atoms with Crippen molar-refractivity contribution in [1.82, 2.24) is 34.0 Å². The number of fused-ring (bicyclic) bond motifs is 2. The fourth-order valence-electron chi connectivity index (χ4n) is 4.61. The van der Waals surface area contributed by atoms with Crippen molar-refractivity contribution in [2.75, 3.05) is 19.3 Å². The average Bonchev–Trinajstić information content (AvgIpc) is 3.36. The summed E-state index contributed by atoms with van der Waals surface area (Å²) in [5.74, 6) is 0.637. The standard InChI is InChI=1S/C22H25N7O2S/c1-13-16(14(2)29-20(23-13)25-21(26-29)32-3)12-19(30)27-10-8-15(9-11-27)28-18-7-5-4-6-17(18)24-22(28)31/h4-7,15H,8-12H2,1-3H3,(H,24,31). The number of likely N-dealkylation sites (tertiary alicyclic amines) is 1. The van der Waals surface area contributed by atoms with Gasteiger partial charge < -0.3 is 9.88 Å². The molecule has 4 aromatic rings. The van der Waals surface area contributed by atoms with Gasteiger partial charge in [-0.1, -0.05) is 23.9 Å². The molecule has 5 rings (SSSR count). The van der Waals surface area contributed by atoms with E-state index in [1.165, 1.54) is 11.8 Å². The van der Waals surface area contributed by atoms with Gasteiger partial charge in [0, 0.05) is 36.1 Å². The number of piperidine rings is 1. The maximum Gasteiger partial charge on any atom is 0.326 e. The van der Waals surface area contributed by atoms with Crippen molar-refractivity contribution in [2.45, 2.75) is 44.3 Å². The molecule has 0 aliphatic carbocycles. The molecule has 1 aliphatic rings. The Balaban J connectivity index is 1.32. The van der Waals surface area contributed by atoms with Crippen LogP contribution in [-0.2, 0) is 11.2 Å². The third kappa shape index (κ3) is 3.48. The Morgan fingerprint density at radius 3 is 2.69 bits per heavy atom. The lowest BCUT2D eigenvalue weighted by Gasteiger charge is -2.32. The van der Waals surface area contributed by atoms with Crippen LogP contribution in [0.3, 0.4) is 0 Å². The molecule has 1 saturated heterocycles. The SMILES string of the molecule is CSc1nc2nc(C)c(CC(=O)N3CCC(n4c(=O)[nH]c5ccccc54)CC3)c(C)n2n1. The average molecular weight is 452 g/mol. The fourth-order valence-corrected chi connectivity index (χ4v) is 4.94. The van der Waals surface area contributed by atoms with Gasteiger partial charge in [-0.3, -0.25) is 9.36 Å². The summed E-state index contributed by atoms with van der Waals surface area (Å²) in [6.45, 7) is 5.13. The van der Waals surface area contributed by atoms with E-state index in [0.29, 0.717) is 24.0 Å². The molecule has 0 spiro atoms. The molecule has 0 saturated carbocycles. The maximum absolute atomic E-state index is 13.1. The number of para-hydroxylation sites is 2. The molecule has 4 heterocycles. The highest BCUT2D eigenvalue weighted by atomic mass is 32.2. The van der Waals surface area contributed by atoms with Crippen LogP contribution in [0.15, 0.2) is 34.2 Å². The van der Waals surface area contributed by atoms with E-state index in [1.54, 1.807) is 4.52 Å². The van der Waals surface area contributed by atoms with Crippen LogP contribution in [-0.4, -0.2) is 59.3 Å². The largest absolute Gasteiger partial charge is 0.342 e. The van der Waals surface area contributed by atoms with Crippen LogP contribution in [0.25, 0.3) is 16.8 Å². The molecular formula is C22H25N7O2S. The van der Waals surface area contributed by atoms with Crippen molar-refractivity contribution in [3.05, 3.63) is 51.7 Å². The molecule has 1 aromatic carbocycles. The predicted molar refractivity (Wildman–Crippen MR) is 123 cm³/mol. The molecule has 0 bridgehead atoms. The van der Waals surface area contributed by atoms with Crippen molar-refractivity contribution in [3.63, 3.8) is 0 Å². The van der Waals surface area contributed by atoms with Gasteiger partial charge in [0.15, 0.2) is 0 Å². The van der Waals surface area contributed by atoms with Crippen molar-refractivity contribution >= 4 is 34.5 Å². The Kier molecular flexibility index (Phi) is 5.24. The molecule has 166 valence electrons. The van der Waals surface area contributed by atoms with Crippen molar-refractivity contribution < 1.29 is 4.79 Å². The first kappa shape index (κ1) is 20.7. The minimum absolute atomic E-state index is 0.0762. The number of H-pyrrole nitrogens is 1. The molecule has 10 heteroatoms. The van der Waals surface area contributed by atoms with Crippen LogP contribution in [0.1, 0.15) is 35.8 Å². The quantitative estimate of drug-likeness (QED) is 0.479. The molecule has 1 N–H and O–H groups in total. The number of thioether (sulfide) groups is 1. The molecule has 9 nitrogen and oxygen atoms in total. The molecule has 3 aromatic heterocycles. The molecule has 0 unspecified atom stereocenters. The molecule has 0 radical (unpaired) electrons. The van der Waals surface area contributed by atoms with Crippen LogP contribution >= 0.6 is 11.8 Å². The predicted octanol–water partition coefficient (Wildman–Crippen LogP) is 2.51. The molecule has 1 amide bonds. The van der Waals surface area contributed by atoms with Gasteiger partial charge in [-0.15, -0.1) is 5.10 Å². The van der Waals surface area contributed by atoms with Gasteiger partial charge in [-0.05, 0) is 45.1 Å². The Morgan fingerprint density at radius 1 is 1.19 bits per heavy atom. The van der Waals surface area contributed by atoms with Crippen molar-refractivity contribution in [3.8, 4) is 0 Å². The van der Waals surface area contributed by atoms with E-state index in [0.717, 1.165) is 40.8 Å². The van der Waals surface area contributed by atoms with Gasteiger partial charge in [-0.25, -0.2) is 14.3 Å². The van der Waals surface area contributed by atoms with Crippen LogP contribution in [0.2, 0.25) is 0 Å². The number of carbonyl (C=O) groups is 1. The Morgan fingerprint density at radius 2 is 1.94 bits per heavy atom. The number of aromatic nitrogens is 6. The van der Waals surface area contributed by atoms with Gasteiger partial charge in [-0.2, -0.15) is 4.98 Å². The topological polar surface area (TPSA) is 101 Å². The fraction of sp³-hybridized carbons (Fsp3) is 0.409. The summed E-state index contributed by atoms with van der Waals surface area (Å²) >= 11 is 1.47. The third-order valence-electron chi connectivity index (χ3n) is 6.35. The zero-order chi connectivity index (χ0) is 22.4. The number of amides is 1. The second kappa shape index (κ2) is 8.09. The maximum atomic E-state index is 13.1. The second-order valence-corrected chi connectivity index (χ2v) is 8.95. The lowest BCUT2D eigenvalue weighted by atomic mass is 10.0. The number of benzene rings is 1. The number of nitrogens with one attached hydrogen (secondary N) is 1. The zero-order valence-electron chi connectivity index (χ0n) is 18.3. The highest BCUT2D eigenvalue weighted by molar-refractivity contribution is 7.98. The molecule has 1 fully saturated rings. The number of hydrogen-bond acceptors (Lipinski definition) is 6. The van der Waals surface area contributed by atoms with Crippen LogP contribution in [0.5, 0.6) is 0 Å². The van der Waals surface area contributed by atoms with Crippen LogP contribution < -0.4 is 5.69 Å². The number of aromatic amines is 1. The molecular weight excluding hydrogens is 426 g/mol. The van der Waals surface area contributed by atoms with E-state index in [2.05, 4.69) is 20.1 Å². The summed E-state index contributed by atoms with van der Waals surface area (Å²) in [4.78, 5) is 39.4. The molecule has 32 heavy (non-hydrogen) atoms. The van der Waals surface area contributed by atoms with Gasteiger partial charge in [0.05, 0.1) is 17.5 Å². The smallest absolute Gasteiger partial charge is 0.326 e. The van der Waals surface area contributed by atoms with Gasteiger partial charge >= 0.3 is 5.69 Å². The van der Waals surface area contributed by atoms with Crippen LogP contribution in [0.4, 0.5) is 0 Å². The molecule has 0 atom stereocenters. The lowest BCUT2D eigenvalue weighted by Crippen LogP contribution is -2.41. The minimum atomic E-state index is -0.0842. The Hall–Kier alpha value is -3.14.